The first-order chi connectivity index (χ1) is 8.08. The number of anilines is 1. The summed E-state index contributed by atoms with van der Waals surface area (Å²) in [6.07, 6.45) is 0.769. The van der Waals surface area contributed by atoms with Gasteiger partial charge in [-0.05, 0) is 13.3 Å². The van der Waals surface area contributed by atoms with Crippen molar-refractivity contribution in [1.29, 1.82) is 0 Å². The van der Waals surface area contributed by atoms with E-state index in [2.05, 4.69) is 10.3 Å². The lowest BCUT2D eigenvalue weighted by Gasteiger charge is -2.18. The zero-order chi connectivity index (χ0) is 12.4. The Kier molecular flexibility index (Phi) is 3.28. The van der Waals surface area contributed by atoms with Gasteiger partial charge in [-0.25, -0.2) is 4.98 Å². The number of nitrogens with zero attached hydrogens (tertiary/aromatic N) is 2. The van der Waals surface area contributed by atoms with Crippen LogP contribution < -0.4 is 11.1 Å². The average Bonchev–Trinajstić information content (AvgIpc) is 2.49. The number of amides is 2. The number of aromatic nitrogens is 1. The van der Waals surface area contributed by atoms with Gasteiger partial charge in [0.25, 0.3) is 5.91 Å². The van der Waals surface area contributed by atoms with Crippen LogP contribution in [0.25, 0.3) is 0 Å². The Morgan fingerprint density at radius 1 is 1.59 bits per heavy atom. The van der Waals surface area contributed by atoms with Gasteiger partial charge < -0.3 is 16.0 Å². The molecule has 0 bridgehead atoms. The number of thiazole rings is 1. The van der Waals surface area contributed by atoms with Crippen molar-refractivity contribution >= 4 is 28.3 Å². The summed E-state index contributed by atoms with van der Waals surface area (Å²) in [5, 5.41) is 3.11. The molecule has 92 valence electrons. The Balaban J connectivity index is 2.18. The molecule has 1 saturated heterocycles. The van der Waals surface area contributed by atoms with Crippen molar-refractivity contribution in [1.82, 2.24) is 15.2 Å². The summed E-state index contributed by atoms with van der Waals surface area (Å²) in [7, 11) is 0. The van der Waals surface area contributed by atoms with Gasteiger partial charge in [0.15, 0.2) is 5.13 Å². The maximum Gasteiger partial charge on any atom is 0.266 e. The minimum absolute atomic E-state index is 0.107. The maximum absolute atomic E-state index is 12.2. The number of hydrogen-bond acceptors (Lipinski definition) is 5. The van der Waals surface area contributed by atoms with Gasteiger partial charge in [0.1, 0.15) is 4.88 Å². The fraction of sp³-hybridized carbons (Fsp3) is 0.500. The molecule has 2 rings (SSSR count). The van der Waals surface area contributed by atoms with Crippen molar-refractivity contribution in [2.75, 3.05) is 25.4 Å². The predicted octanol–water partition coefficient (Wildman–Crippen LogP) is -0.00418. The van der Waals surface area contributed by atoms with Gasteiger partial charge in [0, 0.05) is 13.1 Å². The standard InChI is InChI=1S/C10H14N4O2S/c1-6-8(17-10(11)13-6)9(16)14-4-2-3-12-7(15)5-14/h2-5H2,1H3,(H2,11,13)(H,12,15). The van der Waals surface area contributed by atoms with Crippen LogP contribution in [0.3, 0.4) is 0 Å². The molecule has 6 nitrogen and oxygen atoms in total. The molecule has 0 radical (unpaired) electrons. The van der Waals surface area contributed by atoms with E-state index in [0.717, 1.165) is 6.42 Å². The smallest absolute Gasteiger partial charge is 0.266 e. The molecule has 7 heteroatoms. The normalized spacial score (nSPS) is 16.5. The van der Waals surface area contributed by atoms with Crippen molar-refractivity contribution in [3.05, 3.63) is 10.6 Å². The van der Waals surface area contributed by atoms with Crippen LogP contribution in [0.4, 0.5) is 5.13 Å². The quantitative estimate of drug-likeness (QED) is 0.738. The molecule has 2 heterocycles. The van der Waals surface area contributed by atoms with E-state index >= 15 is 0 Å². The van der Waals surface area contributed by atoms with Gasteiger partial charge in [0.2, 0.25) is 5.91 Å². The van der Waals surface area contributed by atoms with Crippen LogP contribution in [0, 0.1) is 6.92 Å². The fourth-order valence-electron chi connectivity index (χ4n) is 1.74. The molecule has 1 aliphatic heterocycles. The van der Waals surface area contributed by atoms with E-state index in [0.29, 0.717) is 28.8 Å². The van der Waals surface area contributed by atoms with Crippen LogP contribution in [0.2, 0.25) is 0 Å². The summed E-state index contributed by atoms with van der Waals surface area (Å²) in [6.45, 7) is 3.05. The van der Waals surface area contributed by atoms with E-state index in [-0.39, 0.29) is 18.4 Å². The Morgan fingerprint density at radius 3 is 3.00 bits per heavy atom. The number of aryl methyl sites for hydroxylation is 1. The molecule has 1 aromatic heterocycles. The zero-order valence-electron chi connectivity index (χ0n) is 9.52. The number of rotatable bonds is 1. The molecule has 0 unspecified atom stereocenters. The number of nitrogens with one attached hydrogen (secondary N) is 1. The number of nitrogen functional groups attached to an aromatic ring is 1. The maximum atomic E-state index is 12.2. The molecular formula is C10H14N4O2S. The van der Waals surface area contributed by atoms with E-state index in [1.165, 1.54) is 11.3 Å². The van der Waals surface area contributed by atoms with Crippen LogP contribution in [0.5, 0.6) is 0 Å². The van der Waals surface area contributed by atoms with Crippen molar-refractivity contribution in [3.8, 4) is 0 Å². The van der Waals surface area contributed by atoms with E-state index in [1.54, 1.807) is 11.8 Å². The van der Waals surface area contributed by atoms with E-state index in [9.17, 15) is 9.59 Å². The number of nitrogens with two attached hydrogens (primary N) is 1. The third-order valence-electron chi connectivity index (χ3n) is 2.56. The van der Waals surface area contributed by atoms with Gasteiger partial charge >= 0.3 is 0 Å². The monoisotopic (exact) mass is 254 g/mol. The van der Waals surface area contributed by atoms with E-state index < -0.39 is 0 Å². The summed E-state index contributed by atoms with van der Waals surface area (Å²) in [5.41, 5.74) is 6.19. The highest BCUT2D eigenvalue weighted by atomic mass is 32.1. The lowest BCUT2D eigenvalue weighted by atomic mass is 10.3. The Morgan fingerprint density at radius 2 is 2.35 bits per heavy atom. The molecule has 0 spiro atoms. The van der Waals surface area contributed by atoms with Crippen molar-refractivity contribution in [2.24, 2.45) is 0 Å². The van der Waals surface area contributed by atoms with Gasteiger partial charge in [-0.3, -0.25) is 9.59 Å². The van der Waals surface area contributed by atoms with Crippen molar-refractivity contribution < 1.29 is 9.59 Å². The van der Waals surface area contributed by atoms with E-state index in [1.807, 2.05) is 0 Å². The van der Waals surface area contributed by atoms with Gasteiger partial charge in [-0.15, -0.1) is 0 Å². The van der Waals surface area contributed by atoms with Gasteiger partial charge in [-0.2, -0.15) is 0 Å². The Labute approximate surface area is 103 Å². The van der Waals surface area contributed by atoms with Crippen LogP contribution >= 0.6 is 11.3 Å². The molecule has 3 N–H and O–H groups in total. The van der Waals surface area contributed by atoms with Crippen LogP contribution in [0.15, 0.2) is 0 Å². The largest absolute Gasteiger partial charge is 0.375 e. The molecule has 1 fully saturated rings. The SMILES string of the molecule is Cc1nc(N)sc1C(=O)N1CCCNC(=O)C1. The number of carbonyl (C=O) groups is 2. The van der Waals surface area contributed by atoms with E-state index in [4.69, 9.17) is 5.73 Å². The van der Waals surface area contributed by atoms with Crippen molar-refractivity contribution in [2.45, 2.75) is 13.3 Å². The second-order valence-corrected chi connectivity index (χ2v) is 4.93. The molecule has 0 saturated carbocycles. The average molecular weight is 254 g/mol. The summed E-state index contributed by atoms with van der Waals surface area (Å²) < 4.78 is 0. The Hall–Kier alpha value is -1.63. The molecule has 0 aliphatic carbocycles. The third kappa shape index (κ3) is 2.55. The second-order valence-electron chi connectivity index (χ2n) is 3.90. The highest BCUT2D eigenvalue weighted by Gasteiger charge is 2.24. The fourth-order valence-corrected chi connectivity index (χ4v) is 2.54. The number of carbonyl (C=O) groups excluding carboxylic acids is 2. The summed E-state index contributed by atoms with van der Waals surface area (Å²) in [5.74, 6) is -0.278. The highest BCUT2D eigenvalue weighted by Crippen LogP contribution is 2.21. The minimum atomic E-state index is -0.159. The second kappa shape index (κ2) is 4.70. The van der Waals surface area contributed by atoms with Crippen LogP contribution in [-0.4, -0.2) is 41.3 Å². The predicted molar refractivity (Wildman–Crippen MR) is 64.8 cm³/mol. The first-order valence-corrected chi connectivity index (χ1v) is 6.18. The van der Waals surface area contributed by atoms with Crippen LogP contribution in [0.1, 0.15) is 21.8 Å². The molecule has 0 aromatic carbocycles. The number of hydrogen-bond donors (Lipinski definition) is 2. The Bertz CT molecular complexity index is 457. The van der Waals surface area contributed by atoms with Crippen molar-refractivity contribution in [3.63, 3.8) is 0 Å². The van der Waals surface area contributed by atoms with Gasteiger partial charge in [-0.1, -0.05) is 11.3 Å². The zero-order valence-corrected chi connectivity index (χ0v) is 10.3. The first-order valence-electron chi connectivity index (χ1n) is 5.37. The minimum Gasteiger partial charge on any atom is -0.375 e. The molecule has 1 aromatic rings. The highest BCUT2D eigenvalue weighted by molar-refractivity contribution is 7.17. The van der Waals surface area contributed by atoms with Gasteiger partial charge in [0.05, 0.1) is 12.2 Å². The summed E-state index contributed by atoms with van der Waals surface area (Å²) >= 11 is 1.17. The topological polar surface area (TPSA) is 88.3 Å². The third-order valence-corrected chi connectivity index (χ3v) is 3.53. The summed E-state index contributed by atoms with van der Waals surface area (Å²) in [6, 6.07) is 0. The summed E-state index contributed by atoms with van der Waals surface area (Å²) in [4.78, 5) is 29.7. The molecule has 1 aliphatic rings. The molecule has 2 amide bonds. The first kappa shape index (κ1) is 11.8. The molecule has 17 heavy (non-hydrogen) atoms. The molecule has 0 atom stereocenters. The lowest BCUT2D eigenvalue weighted by Crippen LogP contribution is -2.37. The van der Waals surface area contributed by atoms with Crippen LogP contribution in [-0.2, 0) is 4.79 Å². The molecular weight excluding hydrogens is 240 g/mol. The lowest BCUT2D eigenvalue weighted by molar-refractivity contribution is -0.121.